The Kier molecular flexibility index (Phi) is 6.18. The van der Waals surface area contributed by atoms with Gasteiger partial charge in [0.05, 0.1) is 0 Å². The number of aryl methyl sites for hydroxylation is 1. The lowest BCUT2D eigenvalue weighted by Gasteiger charge is -2.43. The Bertz CT molecular complexity index is 808. The molecule has 2 N–H and O–H groups in total. The second kappa shape index (κ2) is 8.59. The molecule has 1 saturated carbocycles. The summed E-state index contributed by atoms with van der Waals surface area (Å²) in [5.41, 5.74) is 2.98. The number of hydrogen-bond donors (Lipinski definition) is 2. The number of rotatable bonds is 7. The van der Waals surface area contributed by atoms with Crippen LogP contribution in [0.2, 0.25) is 0 Å². The van der Waals surface area contributed by atoms with Crippen LogP contribution in [-0.4, -0.2) is 24.4 Å². The van der Waals surface area contributed by atoms with Crippen molar-refractivity contribution in [3.63, 3.8) is 0 Å². The summed E-state index contributed by atoms with van der Waals surface area (Å²) in [6, 6.07) is 17.2. The van der Waals surface area contributed by atoms with Gasteiger partial charge in [-0.15, -0.1) is 0 Å². The van der Waals surface area contributed by atoms with Gasteiger partial charge in [-0.1, -0.05) is 68.3 Å². The molecule has 0 saturated heterocycles. The monoisotopic (exact) mass is 378 g/mol. The molecule has 2 aromatic carbocycles. The molecule has 4 nitrogen and oxygen atoms in total. The molecule has 0 radical (unpaired) electrons. The van der Waals surface area contributed by atoms with Gasteiger partial charge >= 0.3 is 0 Å². The van der Waals surface area contributed by atoms with Crippen LogP contribution in [0, 0.1) is 12.8 Å². The summed E-state index contributed by atoms with van der Waals surface area (Å²) in [5, 5.41) is 6.03. The Morgan fingerprint density at radius 2 is 1.64 bits per heavy atom. The minimum atomic E-state index is -0.554. The van der Waals surface area contributed by atoms with Gasteiger partial charge in [0.1, 0.15) is 6.04 Å². The van der Waals surface area contributed by atoms with Crippen LogP contribution in [0.15, 0.2) is 54.6 Å². The van der Waals surface area contributed by atoms with E-state index in [1.807, 2.05) is 39.0 Å². The topological polar surface area (TPSA) is 58.2 Å². The van der Waals surface area contributed by atoms with Gasteiger partial charge in [-0.05, 0) is 43.4 Å². The highest BCUT2D eigenvalue weighted by atomic mass is 16.2. The highest BCUT2D eigenvalue weighted by molar-refractivity contribution is 5.97. The summed E-state index contributed by atoms with van der Waals surface area (Å²) in [6.45, 7) is 6.50. The zero-order valence-corrected chi connectivity index (χ0v) is 17.0. The Morgan fingerprint density at radius 3 is 2.18 bits per heavy atom. The van der Waals surface area contributed by atoms with Gasteiger partial charge in [0.2, 0.25) is 5.91 Å². The number of carbonyl (C=O) groups excluding carboxylic acids is 2. The fourth-order valence-electron chi connectivity index (χ4n) is 3.79. The first kappa shape index (κ1) is 20.1. The summed E-state index contributed by atoms with van der Waals surface area (Å²) in [6.07, 6.45) is 3.35. The van der Waals surface area contributed by atoms with Gasteiger partial charge in [-0.3, -0.25) is 9.59 Å². The van der Waals surface area contributed by atoms with Crippen molar-refractivity contribution in [1.82, 2.24) is 10.6 Å². The molecule has 2 amide bonds. The second-order valence-corrected chi connectivity index (χ2v) is 8.28. The molecule has 148 valence electrons. The molecule has 0 heterocycles. The number of hydrogen-bond acceptors (Lipinski definition) is 2. The quantitative estimate of drug-likeness (QED) is 0.765. The molecule has 4 heteroatoms. The fourth-order valence-corrected chi connectivity index (χ4v) is 3.79. The lowest BCUT2D eigenvalue weighted by Crippen LogP contribution is -2.53. The van der Waals surface area contributed by atoms with Gasteiger partial charge in [0.15, 0.2) is 0 Å². The van der Waals surface area contributed by atoms with Crippen LogP contribution < -0.4 is 10.6 Å². The first-order chi connectivity index (χ1) is 13.4. The zero-order valence-electron chi connectivity index (χ0n) is 17.0. The molecule has 2 aromatic rings. The Hall–Kier alpha value is -2.62. The van der Waals surface area contributed by atoms with Crippen LogP contribution in [0.5, 0.6) is 0 Å². The normalized spacial score (nSPS) is 16.1. The average Bonchev–Trinajstić information content (AvgIpc) is 2.66. The summed E-state index contributed by atoms with van der Waals surface area (Å²) >= 11 is 0. The maximum Gasteiger partial charge on any atom is 0.251 e. The molecule has 1 atom stereocenters. The molecule has 1 fully saturated rings. The van der Waals surface area contributed by atoms with E-state index in [1.54, 1.807) is 12.1 Å². The minimum absolute atomic E-state index is 0.00321. The summed E-state index contributed by atoms with van der Waals surface area (Å²) in [5.74, 6) is -0.323. The van der Waals surface area contributed by atoms with E-state index in [0.717, 1.165) is 18.4 Å². The van der Waals surface area contributed by atoms with Crippen molar-refractivity contribution >= 4 is 11.8 Å². The van der Waals surface area contributed by atoms with E-state index in [9.17, 15) is 9.59 Å². The van der Waals surface area contributed by atoms with Crippen molar-refractivity contribution in [2.24, 2.45) is 5.92 Å². The third kappa shape index (κ3) is 4.44. The predicted molar refractivity (Wildman–Crippen MR) is 112 cm³/mol. The van der Waals surface area contributed by atoms with Crippen LogP contribution in [0.1, 0.15) is 54.6 Å². The SMILES string of the molecule is Cc1ccc(C(=O)N[C@H](C(=O)NCC2(c3ccccc3)CCC2)C(C)C)cc1. The smallest absolute Gasteiger partial charge is 0.251 e. The molecular formula is C24H30N2O2. The van der Waals surface area contributed by atoms with E-state index < -0.39 is 6.04 Å². The van der Waals surface area contributed by atoms with Crippen LogP contribution in [0.3, 0.4) is 0 Å². The van der Waals surface area contributed by atoms with Gasteiger partial charge in [0, 0.05) is 17.5 Å². The third-order valence-corrected chi connectivity index (χ3v) is 5.85. The molecule has 1 aliphatic carbocycles. The van der Waals surface area contributed by atoms with Crippen molar-refractivity contribution < 1.29 is 9.59 Å². The summed E-state index contributed by atoms with van der Waals surface area (Å²) in [4.78, 5) is 25.5. The Morgan fingerprint density at radius 1 is 1.00 bits per heavy atom. The first-order valence-electron chi connectivity index (χ1n) is 10.1. The lowest BCUT2D eigenvalue weighted by molar-refractivity contribution is -0.124. The van der Waals surface area contributed by atoms with E-state index >= 15 is 0 Å². The van der Waals surface area contributed by atoms with Crippen LogP contribution in [0.25, 0.3) is 0 Å². The molecule has 1 aliphatic rings. The predicted octanol–water partition coefficient (Wildman–Crippen LogP) is 3.99. The number of nitrogens with one attached hydrogen (secondary N) is 2. The van der Waals surface area contributed by atoms with Crippen molar-refractivity contribution in [3.8, 4) is 0 Å². The Balaban J connectivity index is 1.64. The first-order valence-corrected chi connectivity index (χ1v) is 10.1. The van der Waals surface area contributed by atoms with Crippen molar-refractivity contribution in [2.45, 2.75) is 51.5 Å². The van der Waals surface area contributed by atoms with Crippen molar-refractivity contribution in [3.05, 3.63) is 71.3 Å². The summed E-state index contributed by atoms with van der Waals surface area (Å²) in [7, 11) is 0. The maximum absolute atomic E-state index is 12.9. The molecule has 0 aliphatic heterocycles. The van der Waals surface area contributed by atoms with E-state index in [2.05, 4.69) is 34.9 Å². The molecular weight excluding hydrogens is 348 g/mol. The second-order valence-electron chi connectivity index (χ2n) is 8.28. The molecule has 3 rings (SSSR count). The molecule has 0 aromatic heterocycles. The number of carbonyl (C=O) groups is 2. The largest absolute Gasteiger partial charge is 0.353 e. The third-order valence-electron chi connectivity index (χ3n) is 5.85. The van der Waals surface area contributed by atoms with Gasteiger partial charge in [-0.2, -0.15) is 0 Å². The van der Waals surface area contributed by atoms with Crippen LogP contribution in [0.4, 0.5) is 0 Å². The maximum atomic E-state index is 12.9. The molecule has 0 bridgehead atoms. The Labute approximate surface area is 167 Å². The average molecular weight is 379 g/mol. The van der Waals surface area contributed by atoms with Crippen LogP contribution >= 0.6 is 0 Å². The minimum Gasteiger partial charge on any atom is -0.353 e. The van der Waals surface area contributed by atoms with E-state index in [4.69, 9.17) is 0 Å². The van der Waals surface area contributed by atoms with E-state index in [-0.39, 0.29) is 23.1 Å². The lowest BCUT2D eigenvalue weighted by atomic mass is 9.64. The number of amides is 2. The van der Waals surface area contributed by atoms with E-state index in [0.29, 0.717) is 12.1 Å². The van der Waals surface area contributed by atoms with Gasteiger partial charge < -0.3 is 10.6 Å². The van der Waals surface area contributed by atoms with E-state index in [1.165, 1.54) is 12.0 Å². The van der Waals surface area contributed by atoms with Crippen molar-refractivity contribution in [1.29, 1.82) is 0 Å². The van der Waals surface area contributed by atoms with Gasteiger partial charge in [0.25, 0.3) is 5.91 Å². The zero-order chi connectivity index (χ0) is 20.1. The highest BCUT2D eigenvalue weighted by Crippen LogP contribution is 2.43. The van der Waals surface area contributed by atoms with Crippen LogP contribution in [-0.2, 0) is 10.2 Å². The summed E-state index contributed by atoms with van der Waals surface area (Å²) < 4.78 is 0. The molecule has 0 unspecified atom stereocenters. The number of benzene rings is 2. The van der Waals surface area contributed by atoms with Gasteiger partial charge in [-0.25, -0.2) is 0 Å². The molecule has 0 spiro atoms. The highest BCUT2D eigenvalue weighted by Gasteiger charge is 2.39. The molecule has 28 heavy (non-hydrogen) atoms. The van der Waals surface area contributed by atoms with Crippen molar-refractivity contribution in [2.75, 3.05) is 6.54 Å². The standard InChI is InChI=1S/C24H30N2O2/c1-17(2)21(26-22(27)19-12-10-18(3)11-13-19)23(28)25-16-24(14-7-15-24)20-8-5-4-6-9-20/h4-6,8-13,17,21H,7,14-16H2,1-3H3,(H,25,28)(H,26,27)/t21-/m0/s1. The fraction of sp³-hybridized carbons (Fsp3) is 0.417.